The molecular formula is C21H18N4O2S. The Kier molecular flexibility index (Phi) is 4.90. The molecule has 0 saturated heterocycles. The number of nitrogens with zero attached hydrogens (tertiary/aromatic N) is 1. The summed E-state index contributed by atoms with van der Waals surface area (Å²) in [5, 5.41) is 7.44. The van der Waals surface area contributed by atoms with Gasteiger partial charge in [0, 0.05) is 5.56 Å². The van der Waals surface area contributed by atoms with E-state index in [-0.39, 0.29) is 11.8 Å². The quantitative estimate of drug-likeness (QED) is 0.480. The lowest BCUT2D eigenvalue weighted by Crippen LogP contribution is -2.41. The lowest BCUT2D eigenvalue weighted by atomic mass is 10.1. The highest BCUT2D eigenvalue weighted by Crippen LogP contribution is 2.27. The van der Waals surface area contributed by atoms with Crippen molar-refractivity contribution >= 4 is 39.9 Å². The zero-order valence-corrected chi connectivity index (χ0v) is 15.9. The fraction of sp³-hybridized carbons (Fsp3) is 0.0952. The predicted octanol–water partition coefficient (Wildman–Crippen LogP) is 4.05. The molecule has 4 aromatic rings. The minimum absolute atomic E-state index is 0.261. The molecular weight excluding hydrogens is 372 g/mol. The van der Waals surface area contributed by atoms with Gasteiger partial charge in [-0.2, -0.15) is 0 Å². The normalized spacial score (nSPS) is 11.9. The van der Waals surface area contributed by atoms with Crippen molar-refractivity contribution in [3.8, 4) is 11.4 Å². The molecule has 0 aliphatic carbocycles. The Bertz CT molecular complexity index is 1100. The second-order valence-electron chi connectivity index (χ2n) is 6.31. The first kappa shape index (κ1) is 17.9. The maximum atomic E-state index is 12.6. The van der Waals surface area contributed by atoms with E-state index in [0.717, 1.165) is 16.6 Å². The number of H-pyrrole nitrogens is 1. The van der Waals surface area contributed by atoms with E-state index in [1.165, 1.54) is 11.3 Å². The first-order valence-corrected chi connectivity index (χ1v) is 9.69. The molecule has 2 aromatic heterocycles. The number of hydrogen-bond acceptors (Lipinski definition) is 4. The van der Waals surface area contributed by atoms with E-state index in [4.69, 9.17) is 0 Å². The van der Waals surface area contributed by atoms with Gasteiger partial charge < -0.3 is 15.6 Å². The highest BCUT2D eigenvalue weighted by atomic mass is 32.1. The summed E-state index contributed by atoms with van der Waals surface area (Å²) in [6.45, 7) is 1.66. The second kappa shape index (κ2) is 7.66. The summed E-state index contributed by atoms with van der Waals surface area (Å²) in [5.41, 5.74) is 3.19. The Hall–Kier alpha value is -3.45. The van der Waals surface area contributed by atoms with E-state index in [1.807, 2.05) is 53.9 Å². The topological polar surface area (TPSA) is 86.9 Å². The van der Waals surface area contributed by atoms with Crippen molar-refractivity contribution in [2.45, 2.75) is 13.0 Å². The molecule has 7 heteroatoms. The standard InChI is InChI=1S/C21H18N4O2S/c1-13(22-21(27)18-11-6-12-28-18)20(26)25-15-8-3-2-7-14(15)19-23-16-9-4-5-10-17(16)24-19/h2-13H,1H3,(H,22,27)(H,23,24)(H,25,26). The van der Waals surface area contributed by atoms with Crippen molar-refractivity contribution in [3.63, 3.8) is 0 Å². The van der Waals surface area contributed by atoms with Crippen LogP contribution in [-0.2, 0) is 4.79 Å². The van der Waals surface area contributed by atoms with E-state index < -0.39 is 6.04 Å². The van der Waals surface area contributed by atoms with Crippen LogP contribution < -0.4 is 10.6 Å². The van der Waals surface area contributed by atoms with Crippen LogP contribution in [0.5, 0.6) is 0 Å². The molecule has 28 heavy (non-hydrogen) atoms. The molecule has 1 atom stereocenters. The largest absolute Gasteiger partial charge is 0.340 e. The van der Waals surface area contributed by atoms with Crippen LogP contribution in [0.3, 0.4) is 0 Å². The third kappa shape index (κ3) is 3.65. The zero-order valence-electron chi connectivity index (χ0n) is 15.1. The van der Waals surface area contributed by atoms with Crippen molar-refractivity contribution in [1.29, 1.82) is 0 Å². The molecule has 0 aliphatic heterocycles. The number of nitrogens with one attached hydrogen (secondary N) is 3. The summed E-state index contributed by atoms with van der Waals surface area (Å²) in [7, 11) is 0. The monoisotopic (exact) mass is 390 g/mol. The van der Waals surface area contributed by atoms with Crippen LogP contribution in [0.25, 0.3) is 22.4 Å². The van der Waals surface area contributed by atoms with Gasteiger partial charge in [0.2, 0.25) is 5.91 Å². The van der Waals surface area contributed by atoms with E-state index >= 15 is 0 Å². The highest BCUT2D eigenvalue weighted by Gasteiger charge is 2.19. The summed E-state index contributed by atoms with van der Waals surface area (Å²) >= 11 is 1.33. The number of carbonyl (C=O) groups is 2. The van der Waals surface area contributed by atoms with Crippen molar-refractivity contribution in [3.05, 3.63) is 70.9 Å². The number of para-hydroxylation sites is 3. The van der Waals surface area contributed by atoms with E-state index in [1.54, 1.807) is 19.1 Å². The van der Waals surface area contributed by atoms with Crippen LogP contribution in [0.1, 0.15) is 16.6 Å². The highest BCUT2D eigenvalue weighted by molar-refractivity contribution is 7.12. The molecule has 0 spiro atoms. The Balaban J connectivity index is 1.53. The van der Waals surface area contributed by atoms with Crippen molar-refractivity contribution in [2.75, 3.05) is 5.32 Å². The number of fused-ring (bicyclic) bond motifs is 1. The van der Waals surface area contributed by atoms with E-state index in [9.17, 15) is 9.59 Å². The van der Waals surface area contributed by atoms with Gasteiger partial charge in [-0.25, -0.2) is 4.98 Å². The minimum atomic E-state index is -0.682. The molecule has 2 heterocycles. The van der Waals surface area contributed by atoms with Gasteiger partial charge in [-0.3, -0.25) is 9.59 Å². The summed E-state index contributed by atoms with van der Waals surface area (Å²) in [6, 6.07) is 18.0. The van der Waals surface area contributed by atoms with Crippen LogP contribution in [0.15, 0.2) is 66.0 Å². The Morgan fingerprint density at radius 3 is 2.61 bits per heavy atom. The smallest absolute Gasteiger partial charge is 0.261 e. The molecule has 0 saturated carbocycles. The van der Waals surface area contributed by atoms with Crippen LogP contribution in [-0.4, -0.2) is 27.8 Å². The molecule has 0 bridgehead atoms. The molecule has 3 N–H and O–H groups in total. The first-order chi connectivity index (χ1) is 13.6. The van der Waals surface area contributed by atoms with Crippen LogP contribution in [0.4, 0.5) is 5.69 Å². The van der Waals surface area contributed by atoms with Gasteiger partial charge in [0.15, 0.2) is 0 Å². The van der Waals surface area contributed by atoms with E-state index in [2.05, 4.69) is 20.6 Å². The van der Waals surface area contributed by atoms with Gasteiger partial charge in [0.25, 0.3) is 5.91 Å². The number of amides is 2. The zero-order chi connectivity index (χ0) is 19.5. The van der Waals surface area contributed by atoms with E-state index in [0.29, 0.717) is 16.4 Å². The number of thiophene rings is 1. The number of anilines is 1. The molecule has 140 valence electrons. The number of benzene rings is 2. The lowest BCUT2D eigenvalue weighted by Gasteiger charge is -2.15. The Morgan fingerprint density at radius 1 is 1.04 bits per heavy atom. The van der Waals surface area contributed by atoms with Crippen LogP contribution >= 0.6 is 11.3 Å². The third-order valence-electron chi connectivity index (χ3n) is 4.32. The van der Waals surface area contributed by atoms with Gasteiger partial charge in [-0.15, -0.1) is 11.3 Å². The molecule has 6 nitrogen and oxygen atoms in total. The lowest BCUT2D eigenvalue weighted by molar-refractivity contribution is -0.117. The molecule has 2 amide bonds. The maximum absolute atomic E-state index is 12.6. The number of hydrogen-bond donors (Lipinski definition) is 3. The molecule has 1 unspecified atom stereocenters. The molecule has 0 radical (unpaired) electrons. The second-order valence-corrected chi connectivity index (χ2v) is 7.26. The summed E-state index contributed by atoms with van der Waals surface area (Å²) in [5.74, 6) is 0.115. The van der Waals surface area contributed by atoms with Gasteiger partial charge in [0.1, 0.15) is 11.9 Å². The maximum Gasteiger partial charge on any atom is 0.261 e. The number of aromatic amines is 1. The Labute approximate surface area is 165 Å². The average Bonchev–Trinajstić information content (AvgIpc) is 3.38. The minimum Gasteiger partial charge on any atom is -0.340 e. The fourth-order valence-corrected chi connectivity index (χ4v) is 3.49. The van der Waals surface area contributed by atoms with Crippen molar-refractivity contribution in [1.82, 2.24) is 15.3 Å². The predicted molar refractivity (Wildman–Crippen MR) is 111 cm³/mol. The Morgan fingerprint density at radius 2 is 1.82 bits per heavy atom. The van der Waals surface area contributed by atoms with Crippen LogP contribution in [0, 0.1) is 0 Å². The summed E-state index contributed by atoms with van der Waals surface area (Å²) < 4.78 is 0. The third-order valence-corrected chi connectivity index (χ3v) is 5.18. The molecule has 2 aromatic carbocycles. The van der Waals surface area contributed by atoms with Crippen molar-refractivity contribution in [2.24, 2.45) is 0 Å². The van der Waals surface area contributed by atoms with Gasteiger partial charge in [-0.1, -0.05) is 30.3 Å². The summed E-state index contributed by atoms with van der Waals surface area (Å²) in [6.07, 6.45) is 0. The first-order valence-electron chi connectivity index (χ1n) is 8.81. The molecule has 0 fully saturated rings. The molecule has 0 aliphatic rings. The van der Waals surface area contributed by atoms with Gasteiger partial charge in [-0.05, 0) is 42.6 Å². The number of imidazole rings is 1. The summed E-state index contributed by atoms with van der Waals surface area (Å²) in [4.78, 5) is 33.2. The average molecular weight is 390 g/mol. The SMILES string of the molecule is CC(NC(=O)c1cccs1)C(=O)Nc1ccccc1-c1nc2ccccc2[nH]1. The number of carbonyl (C=O) groups excluding carboxylic acids is 2. The fourth-order valence-electron chi connectivity index (χ4n) is 2.86. The van der Waals surface area contributed by atoms with Gasteiger partial charge >= 0.3 is 0 Å². The molecule has 4 rings (SSSR count). The van der Waals surface area contributed by atoms with Crippen LogP contribution in [0.2, 0.25) is 0 Å². The van der Waals surface area contributed by atoms with Crippen molar-refractivity contribution < 1.29 is 9.59 Å². The number of rotatable bonds is 5. The number of aromatic nitrogens is 2. The van der Waals surface area contributed by atoms with Gasteiger partial charge in [0.05, 0.1) is 21.6 Å².